The Morgan fingerprint density at radius 3 is 2.77 bits per heavy atom. The number of hydrazone groups is 1. The van der Waals surface area contributed by atoms with Crippen LogP contribution < -0.4 is 5.43 Å². The van der Waals surface area contributed by atoms with Crippen LogP contribution in [0.15, 0.2) is 72.0 Å². The van der Waals surface area contributed by atoms with E-state index in [9.17, 15) is 15.4 Å². The summed E-state index contributed by atoms with van der Waals surface area (Å²) in [7, 11) is 0. The SMILES string of the molecule is Cc1c(/C=N\Nc2ncccc2[N+](=O)[O-])c2ccccc2n1Cc1ccccc1C#N. The third-order valence-electron chi connectivity index (χ3n) is 5.09. The molecule has 8 heteroatoms. The first-order chi connectivity index (χ1) is 15.1. The van der Waals surface area contributed by atoms with Gasteiger partial charge in [-0.05, 0) is 30.7 Å². The van der Waals surface area contributed by atoms with Gasteiger partial charge in [-0.3, -0.25) is 15.5 Å². The summed E-state index contributed by atoms with van der Waals surface area (Å²) in [6.45, 7) is 2.53. The van der Waals surface area contributed by atoms with Gasteiger partial charge in [0.05, 0.1) is 22.8 Å². The van der Waals surface area contributed by atoms with Crippen molar-refractivity contribution in [3.05, 3.63) is 99.4 Å². The lowest BCUT2D eigenvalue weighted by molar-refractivity contribution is -0.384. The summed E-state index contributed by atoms with van der Waals surface area (Å²) in [6.07, 6.45) is 3.11. The Labute approximate surface area is 178 Å². The van der Waals surface area contributed by atoms with Gasteiger partial charge >= 0.3 is 5.69 Å². The molecule has 0 bridgehead atoms. The lowest BCUT2D eigenvalue weighted by Gasteiger charge is -2.10. The van der Waals surface area contributed by atoms with E-state index in [0.717, 1.165) is 27.7 Å². The molecule has 8 nitrogen and oxygen atoms in total. The zero-order valence-electron chi connectivity index (χ0n) is 16.7. The summed E-state index contributed by atoms with van der Waals surface area (Å²) in [6, 6.07) is 20.6. The Balaban J connectivity index is 1.71. The number of para-hydroxylation sites is 1. The fourth-order valence-electron chi connectivity index (χ4n) is 3.55. The molecule has 4 rings (SSSR count). The van der Waals surface area contributed by atoms with Crippen LogP contribution in [0.4, 0.5) is 11.5 Å². The van der Waals surface area contributed by atoms with Crippen LogP contribution in [0, 0.1) is 28.4 Å². The molecule has 0 unspecified atom stereocenters. The highest BCUT2D eigenvalue weighted by Gasteiger charge is 2.15. The number of rotatable bonds is 6. The largest absolute Gasteiger partial charge is 0.340 e. The first kappa shape index (κ1) is 19.8. The van der Waals surface area contributed by atoms with E-state index >= 15 is 0 Å². The highest BCUT2D eigenvalue weighted by Crippen LogP contribution is 2.26. The van der Waals surface area contributed by atoms with Crippen LogP contribution >= 0.6 is 0 Å². The summed E-state index contributed by atoms with van der Waals surface area (Å²) in [5, 5.41) is 25.8. The number of pyridine rings is 1. The number of hydrogen-bond acceptors (Lipinski definition) is 6. The average Bonchev–Trinajstić information content (AvgIpc) is 3.05. The van der Waals surface area contributed by atoms with Gasteiger partial charge in [-0.25, -0.2) is 4.98 Å². The zero-order chi connectivity index (χ0) is 21.8. The van der Waals surface area contributed by atoms with E-state index in [1.54, 1.807) is 6.21 Å². The van der Waals surface area contributed by atoms with E-state index in [0.29, 0.717) is 12.1 Å². The number of benzene rings is 2. The molecule has 152 valence electrons. The molecule has 0 aliphatic carbocycles. The Hall–Kier alpha value is -4.51. The van der Waals surface area contributed by atoms with Crippen molar-refractivity contribution >= 4 is 28.6 Å². The smallest absolute Gasteiger partial charge is 0.313 e. The molecule has 0 radical (unpaired) electrons. The summed E-state index contributed by atoms with van der Waals surface area (Å²) in [5.74, 6) is 0.0769. The van der Waals surface area contributed by atoms with Gasteiger partial charge in [0.1, 0.15) is 0 Å². The maximum Gasteiger partial charge on any atom is 0.313 e. The number of nitrogens with zero attached hydrogens (tertiary/aromatic N) is 5. The van der Waals surface area contributed by atoms with E-state index in [4.69, 9.17) is 0 Å². The van der Waals surface area contributed by atoms with E-state index in [1.165, 1.54) is 18.3 Å². The number of nitro groups is 1. The molecule has 2 heterocycles. The number of nitriles is 1. The second kappa shape index (κ2) is 8.47. The van der Waals surface area contributed by atoms with Crippen LogP contribution in [0.3, 0.4) is 0 Å². The van der Waals surface area contributed by atoms with Crippen molar-refractivity contribution in [2.45, 2.75) is 13.5 Å². The minimum atomic E-state index is -0.505. The van der Waals surface area contributed by atoms with Crippen LogP contribution in [-0.4, -0.2) is 20.7 Å². The maximum atomic E-state index is 11.2. The van der Waals surface area contributed by atoms with Crippen LogP contribution in [0.5, 0.6) is 0 Å². The zero-order valence-corrected chi connectivity index (χ0v) is 16.7. The molecular weight excluding hydrogens is 392 g/mol. The number of fused-ring (bicyclic) bond motifs is 1. The quantitative estimate of drug-likeness (QED) is 0.283. The summed E-state index contributed by atoms with van der Waals surface area (Å²) >= 11 is 0. The van der Waals surface area contributed by atoms with Crippen LogP contribution in [0.1, 0.15) is 22.4 Å². The van der Waals surface area contributed by atoms with E-state index in [-0.39, 0.29) is 11.5 Å². The lowest BCUT2D eigenvalue weighted by Crippen LogP contribution is -2.04. The van der Waals surface area contributed by atoms with Crippen molar-refractivity contribution in [2.75, 3.05) is 5.43 Å². The molecule has 0 aliphatic rings. The Morgan fingerprint density at radius 2 is 1.97 bits per heavy atom. The van der Waals surface area contributed by atoms with Crippen LogP contribution in [0.25, 0.3) is 10.9 Å². The van der Waals surface area contributed by atoms with Gasteiger partial charge in [0.15, 0.2) is 0 Å². The van der Waals surface area contributed by atoms with Gasteiger partial charge in [0.2, 0.25) is 5.82 Å². The van der Waals surface area contributed by atoms with Crippen LogP contribution in [0.2, 0.25) is 0 Å². The number of aromatic nitrogens is 2. The van der Waals surface area contributed by atoms with Gasteiger partial charge < -0.3 is 4.57 Å². The van der Waals surface area contributed by atoms with Gasteiger partial charge in [-0.1, -0.05) is 36.4 Å². The summed E-state index contributed by atoms with van der Waals surface area (Å²) < 4.78 is 2.13. The third-order valence-corrected chi connectivity index (χ3v) is 5.09. The Morgan fingerprint density at radius 1 is 1.19 bits per heavy atom. The number of nitrogens with one attached hydrogen (secondary N) is 1. The number of anilines is 1. The predicted molar refractivity (Wildman–Crippen MR) is 119 cm³/mol. The lowest BCUT2D eigenvalue weighted by atomic mass is 10.1. The van der Waals surface area contributed by atoms with Gasteiger partial charge in [0, 0.05) is 41.0 Å². The Kier molecular flexibility index (Phi) is 5.41. The Bertz CT molecular complexity index is 1350. The second-order valence-electron chi connectivity index (χ2n) is 6.87. The maximum absolute atomic E-state index is 11.2. The van der Waals surface area contributed by atoms with E-state index in [2.05, 4.69) is 26.1 Å². The standard InChI is InChI=1S/C23H18N6O2/c1-16-20(14-26-27-23-22(29(30)31)11-6-12-25-23)19-9-4-5-10-21(19)28(16)15-18-8-3-2-7-17(18)13-24/h2-12,14H,15H2,1H3,(H,25,27)/b26-14-. The van der Waals surface area contributed by atoms with E-state index in [1.807, 2.05) is 55.5 Å². The molecule has 31 heavy (non-hydrogen) atoms. The fraction of sp³-hybridized carbons (Fsp3) is 0.0870. The van der Waals surface area contributed by atoms with Crippen molar-refractivity contribution in [3.63, 3.8) is 0 Å². The van der Waals surface area contributed by atoms with Crippen molar-refractivity contribution < 1.29 is 4.92 Å². The van der Waals surface area contributed by atoms with Gasteiger partial charge in [0.25, 0.3) is 0 Å². The van der Waals surface area contributed by atoms with Crippen molar-refractivity contribution in [1.29, 1.82) is 5.26 Å². The molecular formula is C23H18N6O2. The van der Waals surface area contributed by atoms with Crippen molar-refractivity contribution in [3.8, 4) is 6.07 Å². The normalized spacial score (nSPS) is 11.0. The van der Waals surface area contributed by atoms with Crippen molar-refractivity contribution in [1.82, 2.24) is 9.55 Å². The molecule has 1 N–H and O–H groups in total. The minimum Gasteiger partial charge on any atom is -0.340 e. The second-order valence-corrected chi connectivity index (χ2v) is 6.87. The summed E-state index contributed by atoms with van der Waals surface area (Å²) in [5.41, 5.74) is 6.96. The predicted octanol–water partition coefficient (Wildman–Crippen LogP) is 4.62. The van der Waals surface area contributed by atoms with Crippen LogP contribution in [-0.2, 0) is 6.54 Å². The molecule has 0 fully saturated rings. The molecule has 0 aliphatic heterocycles. The molecule has 0 atom stereocenters. The molecule has 2 aromatic heterocycles. The topological polar surface area (TPSA) is 109 Å². The van der Waals surface area contributed by atoms with Gasteiger partial charge in [-0.2, -0.15) is 10.4 Å². The van der Waals surface area contributed by atoms with E-state index < -0.39 is 4.92 Å². The summed E-state index contributed by atoms with van der Waals surface area (Å²) in [4.78, 5) is 14.6. The monoisotopic (exact) mass is 410 g/mol. The highest BCUT2D eigenvalue weighted by molar-refractivity contribution is 6.01. The van der Waals surface area contributed by atoms with Crippen molar-refractivity contribution in [2.24, 2.45) is 5.10 Å². The highest BCUT2D eigenvalue weighted by atomic mass is 16.6. The first-order valence-electron chi connectivity index (χ1n) is 9.54. The molecule has 0 saturated carbocycles. The fourth-order valence-corrected chi connectivity index (χ4v) is 3.55. The third kappa shape index (κ3) is 3.84. The average molecular weight is 410 g/mol. The molecule has 0 saturated heterocycles. The number of hydrogen-bond donors (Lipinski definition) is 1. The minimum absolute atomic E-state index is 0.0769. The van der Waals surface area contributed by atoms with Gasteiger partial charge in [-0.15, -0.1) is 0 Å². The first-order valence-corrected chi connectivity index (χ1v) is 9.54. The molecule has 2 aromatic carbocycles. The molecule has 0 spiro atoms. The molecule has 0 amide bonds. The molecule has 4 aromatic rings.